The molecule has 1 aliphatic carbocycles. The number of halogens is 6. The van der Waals surface area contributed by atoms with Crippen LogP contribution in [0.15, 0.2) is 77.2 Å². The van der Waals surface area contributed by atoms with E-state index in [-0.39, 0.29) is 41.4 Å². The number of unbranched alkanes of at least 4 members (excludes halogenated alkanes) is 12. The first-order chi connectivity index (χ1) is 27.8. The molecule has 0 spiro atoms. The summed E-state index contributed by atoms with van der Waals surface area (Å²) in [6.45, 7) is 3.91. The molecule has 0 saturated carbocycles. The Kier molecular flexibility index (Phi) is 18.2. The number of hydrogen-bond acceptors (Lipinski definition) is 3. The van der Waals surface area contributed by atoms with Crippen molar-refractivity contribution in [2.24, 2.45) is 0 Å². The van der Waals surface area contributed by atoms with Gasteiger partial charge in [0, 0.05) is 60.0 Å². The molecule has 2 aromatic carbocycles. The van der Waals surface area contributed by atoms with Crippen molar-refractivity contribution in [3.8, 4) is 22.5 Å². The van der Waals surface area contributed by atoms with Crippen LogP contribution in [-0.4, -0.2) is 62.9 Å². The van der Waals surface area contributed by atoms with Crippen molar-refractivity contribution in [3.63, 3.8) is 0 Å². The predicted octanol–water partition coefficient (Wildman–Crippen LogP) is 13.1. The third-order valence-corrected chi connectivity index (χ3v) is 10.7. The van der Waals surface area contributed by atoms with Crippen LogP contribution in [0.1, 0.15) is 121 Å². The summed E-state index contributed by atoms with van der Waals surface area (Å²) in [6, 6.07) is 16.8. The summed E-state index contributed by atoms with van der Waals surface area (Å²) in [6.07, 6.45) is 12.5. The van der Waals surface area contributed by atoms with Crippen molar-refractivity contribution in [3.05, 3.63) is 83.7 Å². The first-order valence-electron chi connectivity index (χ1n) is 21.2. The highest BCUT2D eigenvalue weighted by molar-refractivity contribution is 6.09. The van der Waals surface area contributed by atoms with Crippen LogP contribution in [0.4, 0.5) is 32.0 Å². The fourth-order valence-electron chi connectivity index (χ4n) is 7.55. The van der Waals surface area contributed by atoms with Crippen LogP contribution in [0.5, 0.6) is 0 Å². The Morgan fingerprint density at radius 1 is 0.724 bits per heavy atom. The molecule has 0 radical (unpaired) electrons. The second-order valence-electron chi connectivity index (χ2n) is 15.3. The zero-order chi connectivity index (χ0) is 42.1. The summed E-state index contributed by atoms with van der Waals surface area (Å²) in [7, 11) is 1.78. The van der Waals surface area contributed by atoms with Crippen molar-refractivity contribution in [2.75, 3.05) is 44.7 Å². The van der Waals surface area contributed by atoms with Gasteiger partial charge in [0.15, 0.2) is 0 Å². The van der Waals surface area contributed by atoms with E-state index in [0.717, 1.165) is 32.1 Å². The molecule has 2 aromatic rings. The van der Waals surface area contributed by atoms with Crippen molar-refractivity contribution in [1.29, 1.82) is 0 Å². The Bertz CT molecular complexity index is 1950. The molecule has 0 bridgehead atoms. The van der Waals surface area contributed by atoms with Crippen LogP contribution in [0.2, 0.25) is 0 Å². The Morgan fingerprint density at radius 3 is 1.98 bits per heavy atom. The van der Waals surface area contributed by atoms with Gasteiger partial charge in [-0.25, -0.2) is 4.58 Å². The van der Waals surface area contributed by atoms with Gasteiger partial charge in [-0.3, -0.25) is 4.79 Å². The van der Waals surface area contributed by atoms with Crippen LogP contribution >= 0.6 is 0 Å². The summed E-state index contributed by atoms with van der Waals surface area (Å²) in [5.74, 6) is 0.0692. The fourth-order valence-corrected chi connectivity index (χ4v) is 7.55. The number of carbonyl (C=O) groups is 1. The predicted molar refractivity (Wildman–Crippen MR) is 225 cm³/mol. The number of rotatable bonds is 23. The van der Waals surface area contributed by atoms with Gasteiger partial charge >= 0.3 is 12.4 Å². The fraction of sp³-hybridized carbons (Fsp3) is 0.532. The summed E-state index contributed by atoms with van der Waals surface area (Å²) in [5.41, 5.74) is 2.74. The van der Waals surface area contributed by atoms with E-state index >= 15 is 0 Å². The van der Waals surface area contributed by atoms with E-state index in [0.29, 0.717) is 34.2 Å². The van der Waals surface area contributed by atoms with Gasteiger partial charge in [0.2, 0.25) is 11.9 Å². The molecule has 0 unspecified atom stereocenters. The molecular weight excluding hydrogens is 753 g/mol. The molecule has 0 saturated heterocycles. The molecular formula is C47H62F6N3O2+. The van der Waals surface area contributed by atoms with E-state index in [1.54, 1.807) is 62.2 Å². The van der Waals surface area contributed by atoms with Crippen LogP contribution < -0.4 is 14.8 Å². The molecule has 11 heteroatoms. The van der Waals surface area contributed by atoms with Crippen molar-refractivity contribution < 1.29 is 35.6 Å². The minimum atomic E-state index is -4.44. The standard InChI is InChI=1S/C47H62F6N3O2/c1-5-8-9-10-11-12-13-14-15-16-17-18-19-20-21-24-31-54(4)45(57)39-26-23-22-25-38(39)44-40-29-27-36(55(6-2)34-46(48,49)50)32-42(40)58-43-33-37(28-30-41(43)44)56(7-3)35-47(51,52)53/h14-15,22-23,25-30,32-33H,5-13,16-21,24,31,34-35H2,1-4H3/q+1/b15-14+. The largest absolute Gasteiger partial charge is 0.456 e. The lowest BCUT2D eigenvalue weighted by Crippen LogP contribution is -2.37. The highest BCUT2D eigenvalue weighted by atomic mass is 19.4. The van der Waals surface area contributed by atoms with E-state index in [1.807, 2.05) is 12.1 Å². The molecule has 4 rings (SSSR count). The maximum Gasteiger partial charge on any atom is 0.448 e. The molecule has 0 aromatic heterocycles. The average molecular weight is 815 g/mol. The van der Waals surface area contributed by atoms with Gasteiger partial charge < -0.3 is 14.2 Å². The number of fused-ring (bicyclic) bond motifs is 2. The van der Waals surface area contributed by atoms with E-state index in [2.05, 4.69) is 19.1 Å². The molecule has 5 nitrogen and oxygen atoms in total. The molecule has 58 heavy (non-hydrogen) atoms. The summed E-state index contributed by atoms with van der Waals surface area (Å²) in [4.78, 5) is 17.0. The van der Waals surface area contributed by atoms with E-state index in [1.165, 1.54) is 79.4 Å². The van der Waals surface area contributed by atoms with Gasteiger partial charge in [0.1, 0.15) is 24.4 Å². The van der Waals surface area contributed by atoms with Gasteiger partial charge in [-0.15, -0.1) is 0 Å². The molecule has 1 heterocycles. The Labute approximate surface area is 340 Å². The maximum atomic E-state index is 14.1. The van der Waals surface area contributed by atoms with Crippen molar-refractivity contribution >= 4 is 22.6 Å². The number of anilines is 1. The van der Waals surface area contributed by atoms with Gasteiger partial charge in [-0.05, 0) is 75.8 Å². The second kappa shape index (κ2) is 22.8. The lowest BCUT2D eigenvalue weighted by molar-refractivity contribution is -0.128. The molecule has 0 N–H and O–H groups in total. The van der Waals surface area contributed by atoms with Crippen LogP contribution in [0, 0.1) is 0 Å². The van der Waals surface area contributed by atoms with E-state index in [4.69, 9.17) is 4.42 Å². The number of alkyl halides is 6. The van der Waals surface area contributed by atoms with Gasteiger partial charge in [0.25, 0.3) is 5.91 Å². The first-order valence-corrected chi connectivity index (χ1v) is 21.2. The summed E-state index contributed by atoms with van der Waals surface area (Å²) >= 11 is 0. The summed E-state index contributed by atoms with van der Waals surface area (Å²) < 4.78 is 88.5. The molecule has 1 amide bonds. The molecule has 0 atom stereocenters. The lowest BCUT2D eigenvalue weighted by atomic mass is 9.90. The third kappa shape index (κ3) is 14.2. The number of carbonyl (C=O) groups excluding carboxylic acids is 1. The average Bonchev–Trinajstić information content (AvgIpc) is 3.19. The Morgan fingerprint density at radius 2 is 1.36 bits per heavy atom. The van der Waals surface area contributed by atoms with Crippen molar-refractivity contribution in [2.45, 2.75) is 123 Å². The number of amides is 1. The molecule has 318 valence electrons. The molecule has 0 fully saturated rings. The highest BCUT2D eigenvalue weighted by Gasteiger charge is 2.34. The highest BCUT2D eigenvalue weighted by Crippen LogP contribution is 2.42. The Hall–Kier alpha value is -4.28. The minimum absolute atomic E-state index is 0.0825. The Balaban J connectivity index is 1.52. The minimum Gasteiger partial charge on any atom is -0.456 e. The van der Waals surface area contributed by atoms with Crippen LogP contribution in [0.25, 0.3) is 33.4 Å². The molecule has 2 aliphatic rings. The normalized spacial score (nSPS) is 12.9. The molecule has 1 aliphatic heterocycles. The van der Waals surface area contributed by atoms with Gasteiger partial charge in [-0.1, -0.05) is 95.1 Å². The topological polar surface area (TPSA) is 39.7 Å². The number of benzene rings is 3. The SMILES string of the molecule is CCCCCCCC/C=C/CCCCCCCCN(C)C(=O)c1ccccc1-c1c2ccc(=[N+](CC)CC(F)(F)F)cc-2oc2cc(N(CC)CC(F)(F)F)ccc12. The zero-order valence-corrected chi connectivity index (χ0v) is 34.8. The maximum absolute atomic E-state index is 14.1. The smallest absolute Gasteiger partial charge is 0.448 e. The van der Waals surface area contributed by atoms with E-state index < -0.39 is 25.4 Å². The quantitative estimate of drug-likeness (QED) is 0.0246. The van der Waals surface area contributed by atoms with Crippen LogP contribution in [-0.2, 0) is 0 Å². The van der Waals surface area contributed by atoms with Crippen LogP contribution in [0.3, 0.4) is 0 Å². The van der Waals surface area contributed by atoms with Gasteiger partial charge in [-0.2, -0.15) is 26.3 Å². The monoisotopic (exact) mass is 814 g/mol. The third-order valence-electron chi connectivity index (χ3n) is 10.7. The summed E-state index contributed by atoms with van der Waals surface area (Å²) in [5, 5.41) is 0.843. The van der Waals surface area contributed by atoms with E-state index in [9.17, 15) is 31.1 Å². The zero-order valence-electron chi connectivity index (χ0n) is 34.8. The number of nitrogens with zero attached hydrogens (tertiary/aromatic N) is 3. The van der Waals surface area contributed by atoms with Gasteiger partial charge in [0.05, 0.1) is 6.07 Å². The second-order valence-corrected chi connectivity index (χ2v) is 15.3. The number of hydrogen-bond donors (Lipinski definition) is 0. The number of allylic oxidation sites excluding steroid dienone is 2. The first kappa shape index (κ1) is 46.4. The van der Waals surface area contributed by atoms with Crippen molar-refractivity contribution in [1.82, 2.24) is 9.48 Å². The lowest BCUT2D eigenvalue weighted by Gasteiger charge is -2.25.